The summed E-state index contributed by atoms with van der Waals surface area (Å²) in [6.07, 6.45) is 1.37. The normalized spacial score (nSPS) is 16.9. The zero-order valence-electron chi connectivity index (χ0n) is 17.0. The lowest BCUT2D eigenvalue weighted by molar-refractivity contribution is 0.137. The second-order valence-electron chi connectivity index (χ2n) is 7.67. The monoisotopic (exact) mass is 428 g/mol. The highest BCUT2D eigenvalue weighted by Gasteiger charge is 2.27. The lowest BCUT2D eigenvalue weighted by atomic mass is 10.1. The number of rotatable bonds is 3. The fraction of sp³-hybridized carbons (Fsp3) is 0.318. The Kier molecular flexibility index (Phi) is 5.58. The van der Waals surface area contributed by atoms with Gasteiger partial charge in [0.2, 0.25) is 0 Å². The minimum absolute atomic E-state index is 0.146. The average Bonchev–Trinajstić information content (AvgIpc) is 3.00. The fourth-order valence-electron chi connectivity index (χ4n) is 4.01. The maximum absolute atomic E-state index is 14.5. The Morgan fingerprint density at radius 2 is 1.90 bits per heavy atom. The molecule has 1 unspecified atom stereocenters. The van der Waals surface area contributed by atoms with Crippen molar-refractivity contribution in [2.75, 3.05) is 25.0 Å². The smallest absolute Gasteiger partial charge is 0.407 e. The van der Waals surface area contributed by atoms with Crippen LogP contribution in [0.1, 0.15) is 19.3 Å². The zero-order chi connectivity index (χ0) is 22.1. The molecule has 4 rings (SSSR count). The summed E-state index contributed by atoms with van der Waals surface area (Å²) in [6, 6.07) is 9.62. The van der Waals surface area contributed by atoms with Gasteiger partial charge < -0.3 is 14.9 Å². The molecule has 31 heavy (non-hydrogen) atoms. The number of amides is 1. The largest absolute Gasteiger partial charge is 0.465 e. The molecular weight excluding hydrogens is 406 g/mol. The Labute approximate surface area is 177 Å². The number of halogens is 2. The molecule has 162 valence electrons. The number of aromatic nitrogens is 2. The van der Waals surface area contributed by atoms with E-state index in [4.69, 9.17) is 0 Å². The molecule has 1 amide bonds. The topological polar surface area (TPSA) is 78.7 Å². The van der Waals surface area contributed by atoms with Gasteiger partial charge in [-0.25, -0.2) is 13.6 Å². The number of carboxylic acid groups (broad SMARTS) is 1. The summed E-state index contributed by atoms with van der Waals surface area (Å²) in [7, 11) is 1.54. The Balaban J connectivity index is 1.88. The van der Waals surface area contributed by atoms with Crippen LogP contribution in [-0.4, -0.2) is 52.1 Å². The Hall–Kier alpha value is -3.49. The summed E-state index contributed by atoms with van der Waals surface area (Å²) in [5.41, 5.74) is -0.661. The van der Waals surface area contributed by atoms with Crippen molar-refractivity contribution in [3.05, 3.63) is 64.5 Å². The van der Waals surface area contributed by atoms with E-state index in [0.29, 0.717) is 42.2 Å². The highest BCUT2D eigenvalue weighted by atomic mass is 19.1. The Morgan fingerprint density at radius 1 is 1.16 bits per heavy atom. The highest BCUT2D eigenvalue weighted by molar-refractivity contribution is 5.91. The molecule has 1 saturated heterocycles. The summed E-state index contributed by atoms with van der Waals surface area (Å²) in [5, 5.41) is 14.8. The molecule has 1 atom stereocenters. The SMILES string of the molecule is CN(C(=O)O)C1CCCCN(c2nn(-c3ccc(F)cc3F)c(=O)c3ccccc23)C1. The second-order valence-corrected chi connectivity index (χ2v) is 7.67. The molecule has 3 aromatic rings. The molecule has 0 saturated carbocycles. The molecule has 0 spiro atoms. The van der Waals surface area contributed by atoms with Crippen molar-refractivity contribution in [2.24, 2.45) is 0 Å². The van der Waals surface area contributed by atoms with Crippen LogP contribution in [0.2, 0.25) is 0 Å². The van der Waals surface area contributed by atoms with E-state index in [1.807, 2.05) is 4.90 Å². The zero-order valence-corrected chi connectivity index (χ0v) is 17.0. The van der Waals surface area contributed by atoms with Gasteiger partial charge in [-0.15, -0.1) is 5.10 Å². The van der Waals surface area contributed by atoms with Gasteiger partial charge in [0, 0.05) is 31.6 Å². The Morgan fingerprint density at radius 3 is 2.61 bits per heavy atom. The van der Waals surface area contributed by atoms with E-state index in [9.17, 15) is 23.5 Å². The minimum Gasteiger partial charge on any atom is -0.465 e. The van der Waals surface area contributed by atoms with Crippen LogP contribution in [0.25, 0.3) is 16.5 Å². The first-order valence-corrected chi connectivity index (χ1v) is 10.0. The van der Waals surface area contributed by atoms with Gasteiger partial charge in [0.25, 0.3) is 5.56 Å². The third kappa shape index (κ3) is 3.95. The molecule has 1 aliphatic rings. The molecule has 0 aliphatic carbocycles. The maximum Gasteiger partial charge on any atom is 0.407 e. The number of likely N-dealkylation sites (N-methyl/N-ethyl adjacent to an activating group) is 1. The Bertz CT molecular complexity index is 1200. The number of benzene rings is 2. The van der Waals surface area contributed by atoms with Gasteiger partial charge in [0.05, 0.1) is 11.4 Å². The van der Waals surface area contributed by atoms with Gasteiger partial charge in [0.1, 0.15) is 11.5 Å². The van der Waals surface area contributed by atoms with Crippen molar-refractivity contribution in [2.45, 2.75) is 25.3 Å². The van der Waals surface area contributed by atoms with Gasteiger partial charge >= 0.3 is 6.09 Å². The van der Waals surface area contributed by atoms with Gasteiger partial charge in [-0.2, -0.15) is 4.68 Å². The summed E-state index contributed by atoms with van der Waals surface area (Å²) in [6.45, 7) is 1.01. The predicted octanol–water partition coefficient (Wildman–Crippen LogP) is 3.63. The number of hydrogen-bond acceptors (Lipinski definition) is 4. The van der Waals surface area contributed by atoms with Crippen molar-refractivity contribution >= 4 is 22.7 Å². The van der Waals surface area contributed by atoms with Crippen LogP contribution in [0, 0.1) is 11.6 Å². The van der Waals surface area contributed by atoms with Crippen LogP contribution in [0.3, 0.4) is 0 Å². The first-order valence-electron chi connectivity index (χ1n) is 10.0. The average molecular weight is 428 g/mol. The van der Waals surface area contributed by atoms with Gasteiger partial charge in [-0.1, -0.05) is 18.2 Å². The molecule has 1 fully saturated rings. The number of carbonyl (C=O) groups is 1. The molecule has 1 aliphatic heterocycles. The summed E-state index contributed by atoms with van der Waals surface area (Å²) in [4.78, 5) is 27.8. The maximum atomic E-state index is 14.5. The van der Waals surface area contributed by atoms with E-state index in [0.717, 1.165) is 23.6 Å². The summed E-state index contributed by atoms with van der Waals surface area (Å²) < 4.78 is 28.8. The van der Waals surface area contributed by atoms with Crippen LogP contribution in [-0.2, 0) is 0 Å². The highest BCUT2D eigenvalue weighted by Crippen LogP contribution is 2.27. The molecular formula is C22H22F2N4O3. The van der Waals surface area contributed by atoms with Crippen LogP contribution < -0.4 is 10.5 Å². The fourth-order valence-corrected chi connectivity index (χ4v) is 4.01. The quantitative estimate of drug-likeness (QED) is 0.689. The van der Waals surface area contributed by atoms with Gasteiger partial charge in [-0.3, -0.25) is 4.79 Å². The van der Waals surface area contributed by atoms with Crippen molar-refractivity contribution in [3.63, 3.8) is 0 Å². The number of hydrogen-bond donors (Lipinski definition) is 1. The van der Waals surface area contributed by atoms with Gasteiger partial charge in [0.15, 0.2) is 11.6 Å². The predicted molar refractivity (Wildman–Crippen MR) is 113 cm³/mol. The van der Waals surface area contributed by atoms with Crippen LogP contribution in [0.5, 0.6) is 0 Å². The van der Waals surface area contributed by atoms with E-state index in [2.05, 4.69) is 5.10 Å². The van der Waals surface area contributed by atoms with Crippen LogP contribution in [0.15, 0.2) is 47.3 Å². The number of fused-ring (bicyclic) bond motifs is 1. The van der Waals surface area contributed by atoms with E-state index in [1.165, 1.54) is 18.0 Å². The third-order valence-corrected chi connectivity index (χ3v) is 5.72. The first-order chi connectivity index (χ1) is 14.9. The molecule has 2 heterocycles. The third-order valence-electron chi connectivity index (χ3n) is 5.72. The molecule has 0 radical (unpaired) electrons. The molecule has 2 aromatic carbocycles. The number of nitrogens with zero attached hydrogens (tertiary/aromatic N) is 4. The summed E-state index contributed by atoms with van der Waals surface area (Å²) >= 11 is 0. The molecule has 9 heteroatoms. The van der Waals surface area contributed by atoms with E-state index < -0.39 is 23.3 Å². The van der Waals surface area contributed by atoms with Crippen molar-refractivity contribution in [1.82, 2.24) is 14.7 Å². The number of anilines is 1. The summed E-state index contributed by atoms with van der Waals surface area (Å²) in [5.74, 6) is -1.18. The van der Waals surface area contributed by atoms with Gasteiger partial charge in [-0.05, 0) is 37.5 Å². The molecule has 7 nitrogen and oxygen atoms in total. The first kappa shape index (κ1) is 20.8. The second kappa shape index (κ2) is 8.33. The molecule has 0 bridgehead atoms. The van der Waals surface area contributed by atoms with Crippen LogP contribution in [0.4, 0.5) is 19.4 Å². The van der Waals surface area contributed by atoms with Crippen molar-refractivity contribution in [1.29, 1.82) is 0 Å². The van der Waals surface area contributed by atoms with E-state index in [1.54, 1.807) is 24.3 Å². The van der Waals surface area contributed by atoms with Crippen LogP contribution >= 0.6 is 0 Å². The van der Waals surface area contributed by atoms with E-state index >= 15 is 0 Å². The lowest BCUT2D eigenvalue weighted by Crippen LogP contribution is -2.44. The lowest BCUT2D eigenvalue weighted by Gasteiger charge is -2.30. The molecule has 1 aromatic heterocycles. The molecule has 1 N–H and O–H groups in total. The standard InChI is InChI=1S/C22H22F2N4O3/c1-26(22(30)31)15-6-4-5-11-27(13-15)20-16-7-2-3-8-17(16)21(29)28(25-20)19-10-9-14(23)12-18(19)24/h2-3,7-10,12,15H,4-6,11,13H2,1H3,(H,30,31). The van der Waals surface area contributed by atoms with Crippen molar-refractivity contribution in [3.8, 4) is 5.69 Å². The van der Waals surface area contributed by atoms with E-state index in [-0.39, 0.29) is 11.7 Å². The van der Waals surface area contributed by atoms with Crippen molar-refractivity contribution < 1.29 is 18.7 Å². The minimum atomic E-state index is -1.01.